The maximum Gasteiger partial charge on any atom is 0.355 e. The maximum atomic E-state index is 12.3. The second-order valence-corrected chi connectivity index (χ2v) is 6.46. The lowest BCUT2D eigenvalue weighted by Crippen LogP contribution is -2.41. The number of carbonyl (C=O) groups excluding carboxylic acids is 1. The van der Waals surface area contributed by atoms with Crippen LogP contribution in [-0.2, 0) is 0 Å². The van der Waals surface area contributed by atoms with Gasteiger partial charge in [-0.15, -0.1) is 11.3 Å². The van der Waals surface area contributed by atoms with E-state index in [2.05, 4.69) is 17.2 Å². The number of thiazole rings is 1. The Hall–Kier alpha value is -1.63. The number of rotatable bonds is 3. The summed E-state index contributed by atoms with van der Waals surface area (Å²) in [7, 11) is 0. The van der Waals surface area contributed by atoms with Crippen molar-refractivity contribution in [1.29, 1.82) is 0 Å². The van der Waals surface area contributed by atoms with E-state index < -0.39 is 5.97 Å². The van der Waals surface area contributed by atoms with E-state index in [1.165, 1.54) is 16.7 Å². The number of carbonyl (C=O) groups is 2. The van der Waals surface area contributed by atoms with Crippen LogP contribution >= 0.6 is 11.3 Å². The molecule has 0 radical (unpaired) electrons. The molecule has 116 valence electrons. The number of aromatic carboxylic acids is 1. The van der Waals surface area contributed by atoms with E-state index in [1.807, 2.05) is 11.8 Å². The number of hydrogen-bond acceptors (Lipinski definition) is 4. The van der Waals surface area contributed by atoms with E-state index in [1.54, 1.807) is 0 Å². The van der Waals surface area contributed by atoms with E-state index in [4.69, 9.17) is 5.11 Å². The Balaban J connectivity index is 1.93. The van der Waals surface area contributed by atoms with Crippen LogP contribution in [0.15, 0.2) is 5.38 Å². The van der Waals surface area contributed by atoms with Gasteiger partial charge in [-0.2, -0.15) is 0 Å². The van der Waals surface area contributed by atoms with Crippen molar-refractivity contribution in [2.75, 3.05) is 13.1 Å². The lowest BCUT2D eigenvalue weighted by Gasteiger charge is -2.23. The highest BCUT2D eigenvalue weighted by Gasteiger charge is 2.21. The molecule has 2 N–H and O–H groups in total. The third-order valence-electron chi connectivity index (χ3n) is 3.76. The summed E-state index contributed by atoms with van der Waals surface area (Å²) in [5, 5.41) is 13.9. The fourth-order valence-electron chi connectivity index (χ4n) is 2.39. The number of carboxylic acid groups (broad SMARTS) is 1. The first-order chi connectivity index (χ1) is 9.97. The Labute approximate surface area is 128 Å². The van der Waals surface area contributed by atoms with Crippen molar-refractivity contribution >= 4 is 23.3 Å². The average molecular weight is 311 g/mol. The van der Waals surface area contributed by atoms with Crippen molar-refractivity contribution < 1.29 is 14.7 Å². The Kier molecular flexibility index (Phi) is 5.17. The van der Waals surface area contributed by atoms with Crippen LogP contribution in [0, 0.1) is 5.92 Å². The zero-order valence-corrected chi connectivity index (χ0v) is 13.2. The zero-order valence-electron chi connectivity index (χ0n) is 12.3. The van der Waals surface area contributed by atoms with Gasteiger partial charge < -0.3 is 15.3 Å². The standard InChI is InChI=1S/C14H21N3O3S/c1-9-4-3-6-17(7-5-9)14(20)15-10(2)12-16-11(8-21-12)13(18)19/h8-10H,3-7H2,1-2H3,(H,15,20)(H,18,19). The number of nitrogens with one attached hydrogen (secondary N) is 1. The van der Waals surface area contributed by atoms with E-state index >= 15 is 0 Å². The number of likely N-dealkylation sites (tertiary alicyclic amines) is 1. The maximum absolute atomic E-state index is 12.3. The normalized spacial score (nSPS) is 20.7. The van der Waals surface area contributed by atoms with Gasteiger partial charge in [-0.05, 0) is 32.1 Å². The molecule has 2 atom stereocenters. The van der Waals surface area contributed by atoms with Gasteiger partial charge in [0.1, 0.15) is 5.01 Å². The SMILES string of the molecule is CC1CCCN(C(=O)NC(C)c2nc(C(=O)O)cs2)CC1. The molecule has 2 heterocycles. The van der Waals surface area contributed by atoms with Gasteiger partial charge in [0, 0.05) is 18.5 Å². The number of amides is 2. The first-order valence-electron chi connectivity index (χ1n) is 7.21. The van der Waals surface area contributed by atoms with Gasteiger partial charge in [0.15, 0.2) is 5.69 Å². The van der Waals surface area contributed by atoms with Gasteiger partial charge in [0.05, 0.1) is 6.04 Å². The third kappa shape index (κ3) is 4.17. The molecule has 0 aliphatic carbocycles. The zero-order chi connectivity index (χ0) is 15.4. The molecule has 0 aromatic carbocycles. The molecule has 1 aromatic heterocycles. The summed E-state index contributed by atoms with van der Waals surface area (Å²) in [5.74, 6) is -0.380. The number of urea groups is 1. The average Bonchev–Trinajstić information content (AvgIpc) is 2.83. The number of aromatic nitrogens is 1. The van der Waals surface area contributed by atoms with Crippen LogP contribution in [0.25, 0.3) is 0 Å². The van der Waals surface area contributed by atoms with Crippen LogP contribution in [0.2, 0.25) is 0 Å². The first kappa shape index (κ1) is 15.8. The summed E-state index contributed by atoms with van der Waals surface area (Å²) in [6, 6.07) is -0.375. The largest absolute Gasteiger partial charge is 0.476 e. The summed E-state index contributed by atoms with van der Waals surface area (Å²) in [5.41, 5.74) is 0.0275. The van der Waals surface area contributed by atoms with Gasteiger partial charge in [-0.25, -0.2) is 14.6 Å². The third-order valence-corrected chi connectivity index (χ3v) is 4.78. The van der Waals surface area contributed by atoms with E-state index in [0.29, 0.717) is 10.9 Å². The summed E-state index contributed by atoms with van der Waals surface area (Å²) >= 11 is 1.25. The number of carboxylic acids is 1. The summed E-state index contributed by atoms with van der Waals surface area (Å²) < 4.78 is 0. The van der Waals surface area contributed by atoms with Crippen molar-refractivity contribution in [2.45, 2.75) is 39.2 Å². The molecule has 1 aliphatic rings. The van der Waals surface area contributed by atoms with E-state index in [9.17, 15) is 9.59 Å². The number of hydrogen-bond donors (Lipinski definition) is 2. The van der Waals surface area contributed by atoms with Crippen molar-refractivity contribution in [2.24, 2.45) is 5.92 Å². The molecule has 2 amide bonds. The molecule has 1 saturated heterocycles. The van der Waals surface area contributed by atoms with Gasteiger partial charge in [0.25, 0.3) is 0 Å². The Morgan fingerprint density at radius 1 is 1.48 bits per heavy atom. The minimum Gasteiger partial charge on any atom is -0.476 e. The molecule has 1 aromatic rings. The quantitative estimate of drug-likeness (QED) is 0.899. The van der Waals surface area contributed by atoms with Crippen molar-refractivity contribution in [3.8, 4) is 0 Å². The predicted molar refractivity (Wildman–Crippen MR) is 80.6 cm³/mol. The molecule has 21 heavy (non-hydrogen) atoms. The topological polar surface area (TPSA) is 82.5 Å². The second kappa shape index (κ2) is 6.89. The molecule has 7 heteroatoms. The van der Waals surface area contributed by atoms with Gasteiger partial charge in [-0.3, -0.25) is 0 Å². The highest BCUT2D eigenvalue weighted by molar-refractivity contribution is 7.09. The Bertz CT molecular complexity index is 517. The molecule has 0 saturated carbocycles. The fourth-order valence-corrected chi connectivity index (χ4v) is 3.19. The summed E-state index contributed by atoms with van der Waals surface area (Å²) in [6.45, 7) is 5.59. The van der Waals surface area contributed by atoms with Crippen molar-refractivity contribution in [1.82, 2.24) is 15.2 Å². The van der Waals surface area contributed by atoms with Gasteiger partial charge in [-0.1, -0.05) is 6.92 Å². The molecule has 0 bridgehead atoms. The van der Waals surface area contributed by atoms with Crippen LogP contribution in [0.3, 0.4) is 0 Å². The second-order valence-electron chi connectivity index (χ2n) is 5.57. The predicted octanol–water partition coefficient (Wildman–Crippen LogP) is 2.73. The van der Waals surface area contributed by atoms with Crippen LogP contribution in [0.5, 0.6) is 0 Å². The van der Waals surface area contributed by atoms with Crippen LogP contribution < -0.4 is 5.32 Å². The summed E-state index contributed by atoms with van der Waals surface area (Å²) in [4.78, 5) is 28.9. The summed E-state index contributed by atoms with van der Waals surface area (Å²) in [6.07, 6.45) is 3.22. The highest BCUT2D eigenvalue weighted by Crippen LogP contribution is 2.20. The molecular weight excluding hydrogens is 290 g/mol. The van der Waals surface area contributed by atoms with Gasteiger partial charge in [0.2, 0.25) is 0 Å². The van der Waals surface area contributed by atoms with Crippen LogP contribution in [0.1, 0.15) is 54.6 Å². The van der Waals surface area contributed by atoms with E-state index in [-0.39, 0.29) is 17.8 Å². The molecule has 1 fully saturated rings. The van der Waals surface area contributed by atoms with Crippen LogP contribution in [-0.4, -0.2) is 40.1 Å². The Morgan fingerprint density at radius 2 is 2.24 bits per heavy atom. The molecule has 6 nitrogen and oxygen atoms in total. The fraction of sp³-hybridized carbons (Fsp3) is 0.643. The van der Waals surface area contributed by atoms with Gasteiger partial charge >= 0.3 is 12.0 Å². The molecule has 1 aliphatic heterocycles. The minimum atomic E-state index is -1.04. The lowest BCUT2D eigenvalue weighted by atomic mass is 10.0. The van der Waals surface area contributed by atoms with Crippen LogP contribution in [0.4, 0.5) is 4.79 Å². The lowest BCUT2D eigenvalue weighted by molar-refractivity contribution is 0.0691. The van der Waals surface area contributed by atoms with Crippen molar-refractivity contribution in [3.63, 3.8) is 0 Å². The first-order valence-corrected chi connectivity index (χ1v) is 8.09. The number of nitrogens with zero attached hydrogens (tertiary/aromatic N) is 2. The van der Waals surface area contributed by atoms with E-state index in [0.717, 1.165) is 32.4 Å². The van der Waals surface area contributed by atoms with Crippen molar-refractivity contribution in [3.05, 3.63) is 16.1 Å². The monoisotopic (exact) mass is 311 g/mol. The smallest absolute Gasteiger partial charge is 0.355 e. The molecular formula is C14H21N3O3S. The minimum absolute atomic E-state index is 0.0275. The highest BCUT2D eigenvalue weighted by atomic mass is 32.1. The molecule has 2 rings (SSSR count). The molecule has 2 unspecified atom stereocenters. The molecule has 0 spiro atoms. The Morgan fingerprint density at radius 3 is 2.90 bits per heavy atom.